The Morgan fingerprint density at radius 2 is 1.65 bits per heavy atom. The number of hydrogen-bond donors (Lipinski definition) is 0. The molecule has 0 unspecified atom stereocenters. The Morgan fingerprint density at radius 1 is 0.783 bits per heavy atom. The highest BCUT2D eigenvalue weighted by atomic mass is 35.5. The van der Waals surface area contributed by atoms with Crippen LogP contribution in [0.1, 0.15) is 0 Å². The standard InChI is InChI=1S/C19H10ClNS2/c20-19-21-15-9-8-11(10-17(15)23-19)12-5-3-6-14-13-4-1-2-7-16(13)22-18(12)14/h1-10H. The predicted molar refractivity (Wildman–Crippen MR) is 103 cm³/mol. The molecule has 23 heavy (non-hydrogen) atoms. The molecule has 1 nitrogen and oxygen atoms in total. The number of thiazole rings is 1. The van der Waals surface area contributed by atoms with E-state index in [2.05, 4.69) is 65.6 Å². The minimum atomic E-state index is 0.595. The van der Waals surface area contributed by atoms with E-state index in [-0.39, 0.29) is 0 Å². The topological polar surface area (TPSA) is 12.9 Å². The first-order chi connectivity index (χ1) is 11.3. The first-order valence-corrected chi connectivity index (χ1v) is 9.27. The summed E-state index contributed by atoms with van der Waals surface area (Å²) in [7, 11) is 0. The zero-order valence-corrected chi connectivity index (χ0v) is 14.3. The number of thiophene rings is 1. The normalized spacial score (nSPS) is 11.7. The minimum absolute atomic E-state index is 0.595. The van der Waals surface area contributed by atoms with Crippen LogP contribution in [-0.4, -0.2) is 4.98 Å². The second-order valence-corrected chi connectivity index (χ2v) is 8.09. The number of hydrogen-bond acceptors (Lipinski definition) is 3. The third-order valence-electron chi connectivity index (χ3n) is 4.08. The summed E-state index contributed by atoms with van der Waals surface area (Å²) in [5, 5.41) is 2.65. The second kappa shape index (κ2) is 5.03. The van der Waals surface area contributed by atoms with E-state index < -0.39 is 0 Å². The molecule has 2 heterocycles. The van der Waals surface area contributed by atoms with Gasteiger partial charge in [-0.05, 0) is 29.3 Å². The molecule has 0 saturated carbocycles. The molecule has 0 radical (unpaired) electrons. The van der Waals surface area contributed by atoms with Gasteiger partial charge >= 0.3 is 0 Å². The molecular formula is C19H10ClNS2. The largest absolute Gasteiger partial charge is 0.225 e. The zero-order chi connectivity index (χ0) is 15.4. The SMILES string of the molecule is Clc1nc2ccc(-c3cccc4c3sc3ccccc34)cc2s1. The molecule has 0 spiro atoms. The van der Waals surface area contributed by atoms with Crippen molar-refractivity contribution >= 4 is 64.7 Å². The molecule has 5 aromatic rings. The predicted octanol–water partition coefficient (Wildman–Crippen LogP) is 6.98. The average molecular weight is 352 g/mol. The summed E-state index contributed by atoms with van der Waals surface area (Å²) in [5.41, 5.74) is 3.46. The van der Waals surface area contributed by atoms with E-state index >= 15 is 0 Å². The van der Waals surface area contributed by atoms with Gasteiger partial charge in [-0.15, -0.1) is 22.7 Å². The van der Waals surface area contributed by atoms with Crippen molar-refractivity contribution in [3.05, 3.63) is 65.1 Å². The minimum Gasteiger partial charge on any atom is -0.225 e. The summed E-state index contributed by atoms with van der Waals surface area (Å²) < 4.78 is 4.39. The van der Waals surface area contributed by atoms with Crippen LogP contribution < -0.4 is 0 Å². The van der Waals surface area contributed by atoms with Crippen LogP contribution in [0.5, 0.6) is 0 Å². The Balaban J connectivity index is 1.83. The smallest absolute Gasteiger partial charge is 0.184 e. The van der Waals surface area contributed by atoms with Gasteiger partial charge in [-0.25, -0.2) is 4.98 Å². The highest BCUT2D eigenvalue weighted by Gasteiger charge is 2.11. The fourth-order valence-corrected chi connectivity index (χ4v) is 5.35. The number of fused-ring (bicyclic) bond motifs is 4. The maximum Gasteiger partial charge on any atom is 0.184 e. The Kier molecular flexibility index (Phi) is 2.95. The molecule has 3 aromatic carbocycles. The molecule has 0 saturated heterocycles. The molecule has 0 aliphatic rings. The van der Waals surface area contributed by atoms with Crippen LogP contribution in [0.15, 0.2) is 60.7 Å². The van der Waals surface area contributed by atoms with Gasteiger partial charge in [0.15, 0.2) is 4.47 Å². The van der Waals surface area contributed by atoms with Crippen LogP contribution in [0.4, 0.5) is 0 Å². The Hall–Kier alpha value is -1.94. The summed E-state index contributed by atoms with van der Waals surface area (Å²) in [4.78, 5) is 4.33. The van der Waals surface area contributed by atoms with E-state index in [1.54, 1.807) is 0 Å². The molecule has 110 valence electrons. The van der Waals surface area contributed by atoms with Gasteiger partial charge in [-0.3, -0.25) is 0 Å². The highest BCUT2D eigenvalue weighted by molar-refractivity contribution is 7.26. The van der Waals surface area contributed by atoms with Crippen molar-refractivity contribution in [3.8, 4) is 11.1 Å². The average Bonchev–Trinajstić information content (AvgIpc) is 3.13. The van der Waals surface area contributed by atoms with Crippen molar-refractivity contribution < 1.29 is 0 Å². The van der Waals surface area contributed by atoms with E-state index in [9.17, 15) is 0 Å². The van der Waals surface area contributed by atoms with E-state index in [0.29, 0.717) is 4.47 Å². The van der Waals surface area contributed by atoms with Crippen LogP contribution >= 0.6 is 34.3 Å². The zero-order valence-electron chi connectivity index (χ0n) is 11.9. The molecule has 0 amide bonds. The summed E-state index contributed by atoms with van der Waals surface area (Å²) in [6.07, 6.45) is 0. The lowest BCUT2D eigenvalue weighted by Crippen LogP contribution is -1.78. The molecule has 0 atom stereocenters. The number of aromatic nitrogens is 1. The van der Waals surface area contributed by atoms with E-state index in [4.69, 9.17) is 11.6 Å². The maximum atomic E-state index is 6.04. The summed E-state index contributed by atoms with van der Waals surface area (Å²) >= 11 is 9.42. The molecule has 0 bridgehead atoms. The van der Waals surface area contributed by atoms with Crippen molar-refractivity contribution in [3.63, 3.8) is 0 Å². The van der Waals surface area contributed by atoms with Crippen LogP contribution in [0, 0.1) is 0 Å². The van der Waals surface area contributed by atoms with E-state index in [1.165, 1.54) is 42.6 Å². The first kappa shape index (κ1) is 13.5. The second-order valence-electron chi connectivity index (χ2n) is 5.43. The van der Waals surface area contributed by atoms with Gasteiger partial charge in [0.1, 0.15) is 0 Å². The molecule has 5 rings (SSSR count). The van der Waals surface area contributed by atoms with Crippen molar-refractivity contribution in [1.82, 2.24) is 4.98 Å². The van der Waals surface area contributed by atoms with Crippen LogP contribution in [0.3, 0.4) is 0 Å². The molecule has 4 heteroatoms. The lowest BCUT2D eigenvalue weighted by atomic mass is 10.0. The number of halogens is 1. The Bertz CT molecular complexity index is 1190. The summed E-state index contributed by atoms with van der Waals surface area (Å²) in [6, 6.07) is 21.5. The molecule has 2 aromatic heterocycles. The number of benzene rings is 3. The maximum absolute atomic E-state index is 6.04. The molecule has 0 aliphatic heterocycles. The Morgan fingerprint density at radius 3 is 2.61 bits per heavy atom. The third kappa shape index (κ3) is 2.08. The number of rotatable bonds is 1. The van der Waals surface area contributed by atoms with Crippen molar-refractivity contribution in [1.29, 1.82) is 0 Å². The van der Waals surface area contributed by atoms with Gasteiger partial charge < -0.3 is 0 Å². The van der Waals surface area contributed by atoms with Crippen LogP contribution in [-0.2, 0) is 0 Å². The molecular weight excluding hydrogens is 342 g/mol. The van der Waals surface area contributed by atoms with Gasteiger partial charge in [0.05, 0.1) is 10.2 Å². The third-order valence-corrected chi connectivity index (χ3v) is 6.42. The van der Waals surface area contributed by atoms with E-state index in [1.807, 2.05) is 11.3 Å². The van der Waals surface area contributed by atoms with Crippen LogP contribution in [0.2, 0.25) is 4.47 Å². The molecule has 0 fully saturated rings. The summed E-state index contributed by atoms with van der Waals surface area (Å²) in [5.74, 6) is 0. The van der Waals surface area contributed by atoms with Gasteiger partial charge in [-0.2, -0.15) is 0 Å². The van der Waals surface area contributed by atoms with Gasteiger partial charge in [0, 0.05) is 20.2 Å². The van der Waals surface area contributed by atoms with Crippen molar-refractivity contribution in [2.24, 2.45) is 0 Å². The van der Waals surface area contributed by atoms with Crippen molar-refractivity contribution in [2.75, 3.05) is 0 Å². The van der Waals surface area contributed by atoms with Gasteiger partial charge in [-0.1, -0.05) is 54.1 Å². The fraction of sp³-hybridized carbons (Fsp3) is 0. The van der Waals surface area contributed by atoms with Gasteiger partial charge in [0.25, 0.3) is 0 Å². The highest BCUT2D eigenvalue weighted by Crippen LogP contribution is 2.40. The van der Waals surface area contributed by atoms with Crippen LogP contribution in [0.25, 0.3) is 41.5 Å². The van der Waals surface area contributed by atoms with Gasteiger partial charge in [0.2, 0.25) is 0 Å². The first-order valence-electron chi connectivity index (χ1n) is 7.26. The lowest BCUT2D eigenvalue weighted by molar-refractivity contribution is 1.50. The monoisotopic (exact) mass is 351 g/mol. The quantitative estimate of drug-likeness (QED) is 0.317. The Labute approximate surface area is 145 Å². The van der Waals surface area contributed by atoms with Crippen molar-refractivity contribution in [2.45, 2.75) is 0 Å². The number of nitrogens with zero attached hydrogens (tertiary/aromatic N) is 1. The fourth-order valence-electron chi connectivity index (χ4n) is 3.04. The molecule has 0 N–H and O–H groups in total. The summed E-state index contributed by atoms with van der Waals surface area (Å²) in [6.45, 7) is 0. The van der Waals surface area contributed by atoms with E-state index in [0.717, 1.165) is 10.2 Å². The lowest BCUT2D eigenvalue weighted by Gasteiger charge is -2.03. The molecule has 0 aliphatic carbocycles.